The molecule has 0 saturated heterocycles. The number of hydrogen-bond acceptors (Lipinski definition) is 4. The zero-order chi connectivity index (χ0) is 14.0. The van der Waals surface area contributed by atoms with E-state index in [0.717, 1.165) is 12.8 Å². The number of aliphatic hydroxyl groups excluding tert-OH is 1. The van der Waals surface area contributed by atoms with Gasteiger partial charge in [0.2, 0.25) is 0 Å². The minimum absolute atomic E-state index is 0.0506. The maximum Gasteiger partial charge on any atom is 0.262 e. The van der Waals surface area contributed by atoms with Gasteiger partial charge < -0.3 is 9.67 Å². The molecule has 0 bridgehead atoms. The molecule has 1 heterocycles. The summed E-state index contributed by atoms with van der Waals surface area (Å²) in [6, 6.07) is -0.342. The van der Waals surface area contributed by atoms with Gasteiger partial charge in [-0.3, -0.25) is 0 Å². The smallest absolute Gasteiger partial charge is 0.262 e. The summed E-state index contributed by atoms with van der Waals surface area (Å²) >= 11 is 0. The minimum Gasteiger partial charge on any atom is -0.391 e. The molecule has 1 aromatic rings. The fraction of sp³-hybridized carbons (Fsp3) is 0.750. The first-order valence-corrected chi connectivity index (χ1v) is 8.08. The predicted molar refractivity (Wildman–Crippen MR) is 71.1 cm³/mol. The predicted octanol–water partition coefficient (Wildman–Crippen LogP) is 0.827. The number of hydrogen-bond donors (Lipinski definition) is 1. The first-order chi connectivity index (χ1) is 8.96. The van der Waals surface area contributed by atoms with Crippen LogP contribution in [0.15, 0.2) is 17.6 Å². The molecule has 1 aliphatic rings. The zero-order valence-corrected chi connectivity index (χ0v) is 12.2. The van der Waals surface area contributed by atoms with Gasteiger partial charge in [0.05, 0.1) is 18.5 Å². The van der Waals surface area contributed by atoms with Crippen LogP contribution in [0.4, 0.5) is 0 Å². The van der Waals surface area contributed by atoms with E-state index in [4.69, 9.17) is 0 Å². The van der Waals surface area contributed by atoms with Gasteiger partial charge in [-0.15, -0.1) is 0 Å². The summed E-state index contributed by atoms with van der Waals surface area (Å²) in [4.78, 5) is 3.95. The SMILES string of the molecule is CCn1cnc(S(=O)(=O)N(C)C2CCCCC2O)c1. The average Bonchev–Trinajstić information content (AvgIpc) is 2.88. The Bertz CT molecular complexity index is 526. The van der Waals surface area contributed by atoms with Gasteiger partial charge in [-0.1, -0.05) is 12.8 Å². The Kier molecular flexibility index (Phi) is 4.27. The molecule has 6 nitrogen and oxygen atoms in total. The van der Waals surface area contributed by atoms with Gasteiger partial charge in [0.25, 0.3) is 10.0 Å². The Balaban J connectivity index is 2.23. The Morgan fingerprint density at radius 1 is 1.47 bits per heavy atom. The van der Waals surface area contributed by atoms with Gasteiger partial charge in [-0.2, -0.15) is 4.31 Å². The fourth-order valence-corrected chi connectivity index (χ4v) is 3.83. The zero-order valence-electron chi connectivity index (χ0n) is 11.4. The Labute approximate surface area is 114 Å². The van der Waals surface area contributed by atoms with Crippen molar-refractivity contribution in [2.24, 2.45) is 0 Å². The van der Waals surface area contributed by atoms with Gasteiger partial charge >= 0.3 is 0 Å². The van der Waals surface area contributed by atoms with E-state index in [0.29, 0.717) is 19.4 Å². The molecule has 1 fully saturated rings. The van der Waals surface area contributed by atoms with Crippen LogP contribution in [0.5, 0.6) is 0 Å². The van der Waals surface area contributed by atoms with E-state index in [1.54, 1.807) is 4.57 Å². The second kappa shape index (κ2) is 5.60. The molecule has 0 radical (unpaired) electrons. The quantitative estimate of drug-likeness (QED) is 0.890. The lowest BCUT2D eigenvalue weighted by atomic mass is 9.93. The van der Waals surface area contributed by atoms with Gasteiger partial charge in [0, 0.05) is 19.8 Å². The molecule has 1 aliphatic carbocycles. The molecule has 0 amide bonds. The third kappa shape index (κ3) is 2.82. The molecule has 7 heteroatoms. The second-order valence-corrected chi connectivity index (χ2v) is 6.93. The van der Waals surface area contributed by atoms with Crippen LogP contribution in [0, 0.1) is 0 Å². The molecule has 1 aromatic heterocycles. The van der Waals surface area contributed by atoms with Gasteiger partial charge in [0.1, 0.15) is 0 Å². The van der Waals surface area contributed by atoms with Gasteiger partial charge in [0.15, 0.2) is 5.03 Å². The molecule has 2 atom stereocenters. The van der Waals surface area contributed by atoms with Crippen LogP contribution >= 0.6 is 0 Å². The van der Waals surface area contributed by atoms with Crippen LogP contribution in [-0.2, 0) is 16.6 Å². The third-order valence-corrected chi connectivity index (χ3v) is 5.55. The molecule has 2 rings (SSSR count). The van der Waals surface area contributed by atoms with Crippen molar-refractivity contribution in [2.75, 3.05) is 7.05 Å². The van der Waals surface area contributed by atoms with E-state index >= 15 is 0 Å². The number of aliphatic hydroxyl groups is 1. The van der Waals surface area contributed by atoms with Crippen LogP contribution in [0.25, 0.3) is 0 Å². The summed E-state index contributed by atoms with van der Waals surface area (Å²) in [6.45, 7) is 2.60. The highest BCUT2D eigenvalue weighted by Gasteiger charge is 2.35. The standard InChI is InChI=1S/C12H21N3O3S/c1-3-15-8-12(13-9-15)19(17,18)14(2)10-6-4-5-7-11(10)16/h8-11,16H,3-7H2,1-2H3. The molecule has 19 heavy (non-hydrogen) atoms. The third-order valence-electron chi connectivity index (χ3n) is 3.78. The number of aryl methyl sites for hydroxylation is 1. The molecule has 0 aliphatic heterocycles. The molecule has 2 unspecified atom stereocenters. The van der Waals surface area contributed by atoms with Gasteiger partial charge in [-0.05, 0) is 19.8 Å². The number of likely N-dealkylation sites (N-methyl/N-ethyl adjacent to an activating group) is 1. The van der Waals surface area contributed by atoms with Crippen molar-refractivity contribution in [2.45, 2.75) is 56.3 Å². The van der Waals surface area contributed by atoms with Crippen molar-refractivity contribution in [1.82, 2.24) is 13.9 Å². The van der Waals surface area contributed by atoms with E-state index in [2.05, 4.69) is 4.98 Å². The summed E-state index contributed by atoms with van der Waals surface area (Å²) in [6.07, 6.45) is 5.72. The van der Waals surface area contributed by atoms with Crippen LogP contribution in [0.3, 0.4) is 0 Å². The highest BCUT2D eigenvalue weighted by atomic mass is 32.2. The Morgan fingerprint density at radius 2 is 2.16 bits per heavy atom. The number of rotatable bonds is 4. The van der Waals surface area contributed by atoms with E-state index in [1.807, 2.05) is 6.92 Å². The van der Waals surface area contributed by atoms with Crippen molar-refractivity contribution < 1.29 is 13.5 Å². The first kappa shape index (κ1) is 14.5. The van der Waals surface area contributed by atoms with Crippen LogP contribution < -0.4 is 0 Å². The topological polar surface area (TPSA) is 75.4 Å². The van der Waals surface area contributed by atoms with Crippen LogP contribution in [-0.4, -0.2) is 46.6 Å². The summed E-state index contributed by atoms with van der Waals surface area (Å²) < 4.78 is 27.9. The number of nitrogens with zero attached hydrogens (tertiary/aromatic N) is 3. The summed E-state index contributed by atoms with van der Waals surface area (Å²) in [5.41, 5.74) is 0. The lowest BCUT2D eigenvalue weighted by Crippen LogP contribution is -2.46. The molecule has 0 aromatic carbocycles. The van der Waals surface area contributed by atoms with E-state index in [1.165, 1.54) is 23.9 Å². The Hall–Kier alpha value is -0.920. The number of aromatic nitrogens is 2. The van der Waals surface area contributed by atoms with E-state index in [9.17, 15) is 13.5 Å². The highest BCUT2D eigenvalue weighted by Crippen LogP contribution is 2.26. The molecular formula is C12H21N3O3S. The monoisotopic (exact) mass is 287 g/mol. The number of imidazole rings is 1. The van der Waals surface area contributed by atoms with Crippen molar-refractivity contribution in [3.05, 3.63) is 12.5 Å². The Morgan fingerprint density at radius 3 is 2.74 bits per heavy atom. The lowest BCUT2D eigenvalue weighted by molar-refractivity contribution is 0.0637. The fourth-order valence-electron chi connectivity index (χ4n) is 2.49. The first-order valence-electron chi connectivity index (χ1n) is 6.64. The molecular weight excluding hydrogens is 266 g/mol. The lowest BCUT2D eigenvalue weighted by Gasteiger charge is -2.33. The molecule has 1 N–H and O–H groups in total. The molecule has 0 spiro atoms. The maximum atomic E-state index is 12.4. The molecule has 1 saturated carbocycles. The maximum absolute atomic E-state index is 12.4. The van der Waals surface area contributed by atoms with Crippen LogP contribution in [0.2, 0.25) is 0 Å². The number of sulfonamides is 1. The van der Waals surface area contributed by atoms with Crippen molar-refractivity contribution >= 4 is 10.0 Å². The van der Waals surface area contributed by atoms with E-state index < -0.39 is 16.1 Å². The highest BCUT2D eigenvalue weighted by molar-refractivity contribution is 7.89. The summed E-state index contributed by atoms with van der Waals surface area (Å²) in [5.74, 6) is 0. The van der Waals surface area contributed by atoms with Crippen LogP contribution in [0.1, 0.15) is 32.6 Å². The second-order valence-electron chi connectivity index (χ2n) is 4.98. The van der Waals surface area contributed by atoms with Crippen molar-refractivity contribution in [3.8, 4) is 0 Å². The molecule has 108 valence electrons. The summed E-state index contributed by atoms with van der Waals surface area (Å²) in [5, 5.41) is 10.0. The largest absolute Gasteiger partial charge is 0.391 e. The average molecular weight is 287 g/mol. The normalized spacial score (nSPS) is 24.8. The van der Waals surface area contributed by atoms with E-state index in [-0.39, 0.29) is 11.1 Å². The summed E-state index contributed by atoms with van der Waals surface area (Å²) in [7, 11) is -2.09. The van der Waals surface area contributed by atoms with Crippen molar-refractivity contribution in [3.63, 3.8) is 0 Å². The van der Waals surface area contributed by atoms with Gasteiger partial charge in [-0.25, -0.2) is 13.4 Å². The van der Waals surface area contributed by atoms with Crippen molar-refractivity contribution in [1.29, 1.82) is 0 Å². The minimum atomic E-state index is -3.62.